The van der Waals surface area contributed by atoms with Gasteiger partial charge in [-0.1, -0.05) is 26.8 Å². The summed E-state index contributed by atoms with van der Waals surface area (Å²) in [6.07, 6.45) is 0. The molecule has 1 aromatic carbocycles. The van der Waals surface area contributed by atoms with Crippen LogP contribution in [0.4, 0.5) is 4.39 Å². The van der Waals surface area contributed by atoms with E-state index in [2.05, 4.69) is 25.4 Å². The van der Waals surface area contributed by atoms with Crippen molar-refractivity contribution in [1.29, 1.82) is 0 Å². The molecular weight excluding hydrogens is 500 g/mol. The number of benzene rings is 1. The van der Waals surface area contributed by atoms with E-state index in [0.717, 1.165) is 37.7 Å². The maximum atomic E-state index is 13.9. The maximum absolute atomic E-state index is 13.9. The van der Waals surface area contributed by atoms with Crippen molar-refractivity contribution in [3.05, 3.63) is 29.6 Å². The number of rotatable bonds is 6. The van der Waals surface area contributed by atoms with Crippen molar-refractivity contribution in [3.8, 4) is 5.75 Å². The molecule has 1 aliphatic heterocycles. The monoisotopic (exact) mass is 535 g/mol. The van der Waals surface area contributed by atoms with Gasteiger partial charge in [-0.05, 0) is 17.7 Å². The SMILES string of the molecule is CN=C(NCCNC(=O)C(C)(C)C)N1CCN(Cc2ccc(OC)c(F)c2)CC1.I. The first-order valence-corrected chi connectivity index (χ1v) is 10.0. The molecule has 0 radical (unpaired) electrons. The van der Waals surface area contributed by atoms with E-state index >= 15 is 0 Å². The van der Waals surface area contributed by atoms with Crippen LogP contribution in [-0.2, 0) is 11.3 Å². The summed E-state index contributed by atoms with van der Waals surface area (Å²) >= 11 is 0. The number of carbonyl (C=O) groups excluding carboxylic acids is 1. The highest BCUT2D eigenvalue weighted by Gasteiger charge is 2.21. The van der Waals surface area contributed by atoms with E-state index < -0.39 is 0 Å². The number of aliphatic imine (C=N–C) groups is 1. The lowest BCUT2D eigenvalue weighted by molar-refractivity contribution is -0.128. The van der Waals surface area contributed by atoms with Gasteiger partial charge in [-0.15, -0.1) is 24.0 Å². The minimum atomic E-state index is -0.384. The standard InChI is InChI=1S/C21H34FN5O2.HI/c1-21(2,3)19(28)24-8-9-25-20(23-4)27-12-10-26(11-13-27)15-16-6-7-18(29-5)17(22)14-16;/h6-7,14H,8-13,15H2,1-5H3,(H,23,25)(H,24,28);1H. The van der Waals surface area contributed by atoms with Gasteiger partial charge >= 0.3 is 0 Å². The zero-order valence-electron chi connectivity index (χ0n) is 18.6. The van der Waals surface area contributed by atoms with Crippen LogP contribution in [-0.4, -0.2) is 75.1 Å². The van der Waals surface area contributed by atoms with Crippen LogP contribution in [0.15, 0.2) is 23.2 Å². The molecule has 0 aromatic heterocycles. The molecule has 7 nitrogen and oxygen atoms in total. The molecule has 0 atom stereocenters. The molecule has 170 valence electrons. The molecule has 0 bridgehead atoms. The molecule has 1 amide bonds. The summed E-state index contributed by atoms with van der Waals surface area (Å²) < 4.78 is 18.9. The summed E-state index contributed by atoms with van der Waals surface area (Å²) in [4.78, 5) is 20.8. The first-order chi connectivity index (χ1) is 13.7. The minimum absolute atomic E-state index is 0. The molecule has 0 unspecified atom stereocenters. The molecule has 1 saturated heterocycles. The normalized spacial score (nSPS) is 15.4. The number of piperazine rings is 1. The number of guanidine groups is 1. The van der Waals surface area contributed by atoms with Crippen molar-refractivity contribution in [2.45, 2.75) is 27.3 Å². The van der Waals surface area contributed by atoms with Gasteiger partial charge in [0.15, 0.2) is 17.5 Å². The molecule has 0 saturated carbocycles. The van der Waals surface area contributed by atoms with E-state index in [1.807, 2.05) is 26.8 Å². The third-order valence-electron chi connectivity index (χ3n) is 4.88. The van der Waals surface area contributed by atoms with Crippen LogP contribution in [0.5, 0.6) is 5.75 Å². The van der Waals surface area contributed by atoms with Crippen LogP contribution in [0.2, 0.25) is 0 Å². The maximum Gasteiger partial charge on any atom is 0.225 e. The lowest BCUT2D eigenvalue weighted by atomic mass is 9.96. The van der Waals surface area contributed by atoms with E-state index in [1.165, 1.54) is 13.2 Å². The van der Waals surface area contributed by atoms with Gasteiger partial charge in [0.2, 0.25) is 5.91 Å². The quantitative estimate of drug-likeness (QED) is 0.253. The third-order valence-corrected chi connectivity index (χ3v) is 4.88. The lowest BCUT2D eigenvalue weighted by Gasteiger charge is -2.36. The molecule has 0 aliphatic carbocycles. The van der Waals surface area contributed by atoms with Crippen LogP contribution in [0.1, 0.15) is 26.3 Å². The minimum Gasteiger partial charge on any atom is -0.494 e. The molecule has 1 aromatic rings. The Hall–Kier alpha value is -1.62. The Morgan fingerprint density at radius 3 is 2.33 bits per heavy atom. The largest absolute Gasteiger partial charge is 0.494 e. The van der Waals surface area contributed by atoms with Crippen LogP contribution in [0, 0.1) is 11.2 Å². The first-order valence-electron chi connectivity index (χ1n) is 10.0. The van der Waals surface area contributed by atoms with Crippen molar-refractivity contribution in [2.24, 2.45) is 10.4 Å². The second-order valence-corrected chi connectivity index (χ2v) is 8.21. The summed E-state index contributed by atoms with van der Waals surface area (Å²) in [6.45, 7) is 11.0. The second-order valence-electron chi connectivity index (χ2n) is 8.21. The fourth-order valence-electron chi connectivity index (χ4n) is 3.13. The Bertz CT molecular complexity index is 716. The number of nitrogens with zero attached hydrogens (tertiary/aromatic N) is 3. The van der Waals surface area contributed by atoms with E-state index in [0.29, 0.717) is 19.6 Å². The number of hydrogen-bond acceptors (Lipinski definition) is 4. The van der Waals surface area contributed by atoms with E-state index in [9.17, 15) is 9.18 Å². The Morgan fingerprint density at radius 1 is 1.17 bits per heavy atom. The van der Waals surface area contributed by atoms with Gasteiger partial charge in [-0.2, -0.15) is 0 Å². The highest BCUT2D eigenvalue weighted by Crippen LogP contribution is 2.19. The van der Waals surface area contributed by atoms with Crippen molar-refractivity contribution >= 4 is 35.8 Å². The number of methoxy groups -OCH3 is 1. The number of nitrogens with one attached hydrogen (secondary N) is 2. The van der Waals surface area contributed by atoms with Crippen LogP contribution in [0.3, 0.4) is 0 Å². The molecule has 30 heavy (non-hydrogen) atoms. The molecule has 1 heterocycles. The highest BCUT2D eigenvalue weighted by molar-refractivity contribution is 14.0. The highest BCUT2D eigenvalue weighted by atomic mass is 127. The van der Waals surface area contributed by atoms with Crippen LogP contribution < -0.4 is 15.4 Å². The van der Waals surface area contributed by atoms with Crippen molar-refractivity contribution in [3.63, 3.8) is 0 Å². The average molecular weight is 535 g/mol. The van der Waals surface area contributed by atoms with E-state index in [-0.39, 0.29) is 46.9 Å². The number of hydrogen-bond donors (Lipinski definition) is 2. The topological polar surface area (TPSA) is 69.2 Å². The van der Waals surface area contributed by atoms with Crippen molar-refractivity contribution < 1.29 is 13.9 Å². The summed E-state index contributed by atoms with van der Waals surface area (Å²) in [6, 6.07) is 5.11. The summed E-state index contributed by atoms with van der Waals surface area (Å²) in [5, 5.41) is 6.24. The Morgan fingerprint density at radius 2 is 1.80 bits per heavy atom. The Kier molecular flexibility index (Phi) is 10.8. The fraction of sp³-hybridized carbons (Fsp3) is 0.619. The first kappa shape index (κ1) is 26.4. The van der Waals surface area contributed by atoms with Crippen molar-refractivity contribution in [2.75, 3.05) is 53.4 Å². The summed E-state index contributed by atoms with van der Waals surface area (Å²) in [7, 11) is 3.24. The second kappa shape index (κ2) is 12.3. The molecule has 2 N–H and O–H groups in total. The number of carbonyl (C=O) groups is 1. The molecular formula is C21H35FIN5O2. The van der Waals surface area contributed by atoms with Gasteiger partial charge in [0.05, 0.1) is 7.11 Å². The Labute approximate surface area is 196 Å². The molecule has 1 fully saturated rings. The van der Waals surface area contributed by atoms with Crippen LogP contribution in [0.25, 0.3) is 0 Å². The van der Waals surface area contributed by atoms with E-state index in [4.69, 9.17) is 4.74 Å². The number of ether oxygens (including phenoxy) is 1. The van der Waals surface area contributed by atoms with Gasteiger partial charge in [0, 0.05) is 58.3 Å². The van der Waals surface area contributed by atoms with Gasteiger partial charge in [-0.25, -0.2) is 4.39 Å². The van der Waals surface area contributed by atoms with Crippen LogP contribution >= 0.6 is 24.0 Å². The smallest absolute Gasteiger partial charge is 0.225 e. The predicted molar refractivity (Wildman–Crippen MR) is 129 cm³/mol. The molecule has 0 spiro atoms. The average Bonchev–Trinajstić information content (AvgIpc) is 2.68. The molecule has 9 heteroatoms. The number of amides is 1. The van der Waals surface area contributed by atoms with Gasteiger partial charge < -0.3 is 20.3 Å². The van der Waals surface area contributed by atoms with Crippen molar-refractivity contribution in [1.82, 2.24) is 20.4 Å². The summed E-state index contributed by atoms with van der Waals surface area (Å²) in [5.41, 5.74) is 0.555. The van der Waals surface area contributed by atoms with Gasteiger partial charge in [0.25, 0.3) is 0 Å². The lowest BCUT2D eigenvalue weighted by Crippen LogP contribution is -2.53. The predicted octanol–water partition coefficient (Wildman–Crippen LogP) is 2.31. The van der Waals surface area contributed by atoms with E-state index in [1.54, 1.807) is 13.1 Å². The third kappa shape index (κ3) is 7.90. The Balaban J connectivity index is 0.00000450. The molecule has 1 aliphatic rings. The zero-order chi connectivity index (χ0) is 21.4. The summed E-state index contributed by atoms with van der Waals surface area (Å²) in [5.74, 6) is 0.821. The zero-order valence-corrected chi connectivity index (χ0v) is 21.0. The van der Waals surface area contributed by atoms with Gasteiger partial charge in [0.1, 0.15) is 0 Å². The van der Waals surface area contributed by atoms with Gasteiger partial charge in [-0.3, -0.25) is 14.7 Å². The molecule has 2 rings (SSSR count). The fourth-order valence-corrected chi connectivity index (χ4v) is 3.13. The number of halogens is 2.